The number of hydrogen-bond donors (Lipinski definition) is 0. The lowest BCUT2D eigenvalue weighted by atomic mass is 9.94. The van der Waals surface area contributed by atoms with Crippen LogP contribution in [0, 0.1) is 6.92 Å². The Morgan fingerprint density at radius 1 is 1.31 bits per heavy atom. The van der Waals surface area contributed by atoms with Crippen LogP contribution in [0.5, 0.6) is 5.75 Å². The Balaban J connectivity index is 2.31. The summed E-state index contributed by atoms with van der Waals surface area (Å²) in [5, 5.41) is 0. The van der Waals surface area contributed by atoms with E-state index < -0.39 is 0 Å². The van der Waals surface area contributed by atoms with Crippen molar-refractivity contribution in [2.45, 2.75) is 45.6 Å². The third-order valence-electron chi connectivity index (χ3n) is 3.65. The molecule has 1 aliphatic heterocycles. The molecule has 0 saturated heterocycles. The Morgan fingerprint density at radius 3 is 2.81 bits per heavy atom. The summed E-state index contributed by atoms with van der Waals surface area (Å²) < 4.78 is 6.11. The normalized spacial score (nSPS) is 24.8. The van der Waals surface area contributed by atoms with Crippen molar-refractivity contribution in [3.05, 3.63) is 34.9 Å². The predicted octanol–water partition coefficient (Wildman–Crippen LogP) is 4.06. The van der Waals surface area contributed by atoms with Gasteiger partial charge in [-0.1, -0.05) is 19.1 Å². The van der Waals surface area contributed by atoms with Crippen LogP contribution in [-0.4, -0.2) is 5.60 Å². The molecular formula is C15H18O. The van der Waals surface area contributed by atoms with Gasteiger partial charge in [0.1, 0.15) is 11.4 Å². The Kier molecular flexibility index (Phi) is 1.81. The third-order valence-corrected chi connectivity index (χ3v) is 3.65. The van der Waals surface area contributed by atoms with Crippen molar-refractivity contribution in [3.8, 4) is 5.75 Å². The molecule has 1 aliphatic carbocycles. The van der Waals surface area contributed by atoms with E-state index in [1.807, 2.05) is 0 Å². The van der Waals surface area contributed by atoms with Crippen LogP contribution in [0.15, 0.2) is 18.2 Å². The van der Waals surface area contributed by atoms with E-state index in [2.05, 4.69) is 45.9 Å². The lowest BCUT2D eigenvalue weighted by Gasteiger charge is -2.31. The average Bonchev–Trinajstić information content (AvgIpc) is 2.47. The Bertz CT molecular complexity index is 494. The molecule has 1 atom stereocenters. The van der Waals surface area contributed by atoms with Crippen LogP contribution in [0.2, 0.25) is 0 Å². The van der Waals surface area contributed by atoms with E-state index in [1.54, 1.807) is 0 Å². The van der Waals surface area contributed by atoms with Crippen LogP contribution in [0.1, 0.15) is 49.8 Å². The van der Waals surface area contributed by atoms with Gasteiger partial charge in [0.15, 0.2) is 0 Å². The summed E-state index contributed by atoms with van der Waals surface area (Å²) in [7, 11) is 0. The molecule has 0 spiro atoms. The van der Waals surface area contributed by atoms with E-state index in [4.69, 9.17) is 4.74 Å². The summed E-state index contributed by atoms with van der Waals surface area (Å²) in [5.41, 5.74) is 5.42. The highest BCUT2D eigenvalue weighted by Crippen LogP contribution is 2.50. The molecule has 16 heavy (non-hydrogen) atoms. The number of allylic oxidation sites excluding steroid dienone is 1. The van der Waals surface area contributed by atoms with Crippen LogP contribution in [0.4, 0.5) is 0 Å². The minimum atomic E-state index is -0.157. The van der Waals surface area contributed by atoms with E-state index in [0.717, 1.165) is 5.75 Å². The van der Waals surface area contributed by atoms with Gasteiger partial charge < -0.3 is 4.74 Å². The summed E-state index contributed by atoms with van der Waals surface area (Å²) in [4.78, 5) is 0. The molecule has 0 radical (unpaired) electrons. The molecule has 2 aliphatic rings. The van der Waals surface area contributed by atoms with Crippen molar-refractivity contribution in [1.29, 1.82) is 0 Å². The lowest BCUT2D eigenvalue weighted by molar-refractivity contribution is 0.157. The van der Waals surface area contributed by atoms with Gasteiger partial charge in [-0.05, 0) is 55.9 Å². The molecule has 1 heteroatoms. The number of benzene rings is 1. The van der Waals surface area contributed by atoms with Gasteiger partial charge >= 0.3 is 0 Å². The van der Waals surface area contributed by atoms with Crippen LogP contribution >= 0.6 is 0 Å². The zero-order valence-corrected chi connectivity index (χ0v) is 10.4. The minimum absolute atomic E-state index is 0.157. The van der Waals surface area contributed by atoms with Gasteiger partial charge in [-0.2, -0.15) is 0 Å². The largest absolute Gasteiger partial charge is 0.483 e. The number of ether oxygens (including phenoxy) is 1. The van der Waals surface area contributed by atoms with E-state index >= 15 is 0 Å². The number of hydrogen-bond acceptors (Lipinski definition) is 1. The van der Waals surface area contributed by atoms with Crippen molar-refractivity contribution in [2.24, 2.45) is 0 Å². The fraction of sp³-hybridized carbons (Fsp3) is 0.467. The van der Waals surface area contributed by atoms with E-state index in [-0.39, 0.29) is 5.60 Å². The zero-order valence-electron chi connectivity index (χ0n) is 10.4. The standard InChI is InChI=1S/C15H18O/c1-9-5-6-12-10(2)7-11-8-15(3,4)16-14(9)13(11)12/h5-6,8,10H,7H2,1-4H3. The van der Waals surface area contributed by atoms with Gasteiger partial charge in [-0.3, -0.25) is 0 Å². The first kappa shape index (κ1) is 9.95. The third kappa shape index (κ3) is 1.24. The van der Waals surface area contributed by atoms with Crippen LogP contribution in [0.25, 0.3) is 5.57 Å². The van der Waals surface area contributed by atoms with E-state index in [0.29, 0.717) is 5.92 Å². The molecule has 3 rings (SSSR count). The average molecular weight is 214 g/mol. The Morgan fingerprint density at radius 2 is 2.06 bits per heavy atom. The molecule has 0 N–H and O–H groups in total. The zero-order chi connectivity index (χ0) is 11.5. The second-order valence-electron chi connectivity index (χ2n) is 5.66. The molecule has 1 nitrogen and oxygen atoms in total. The monoisotopic (exact) mass is 214 g/mol. The summed E-state index contributed by atoms with van der Waals surface area (Å²) in [5.74, 6) is 1.75. The molecule has 1 aromatic rings. The SMILES string of the molecule is Cc1ccc2c3c1OC(C)(C)C=C3CC2C. The summed E-state index contributed by atoms with van der Waals surface area (Å²) in [6.07, 6.45) is 3.46. The molecular weight excluding hydrogens is 196 g/mol. The minimum Gasteiger partial charge on any atom is -0.483 e. The van der Waals surface area contributed by atoms with Crippen molar-refractivity contribution in [3.63, 3.8) is 0 Å². The van der Waals surface area contributed by atoms with E-state index in [1.165, 1.54) is 28.7 Å². The number of rotatable bonds is 0. The maximum Gasteiger partial charge on any atom is 0.131 e. The highest BCUT2D eigenvalue weighted by Gasteiger charge is 2.34. The van der Waals surface area contributed by atoms with Crippen LogP contribution in [0.3, 0.4) is 0 Å². The van der Waals surface area contributed by atoms with Gasteiger partial charge in [-0.15, -0.1) is 0 Å². The van der Waals surface area contributed by atoms with Gasteiger partial charge in [-0.25, -0.2) is 0 Å². The van der Waals surface area contributed by atoms with Crippen molar-refractivity contribution in [2.75, 3.05) is 0 Å². The Labute approximate surface area is 97.1 Å². The highest BCUT2D eigenvalue weighted by molar-refractivity contribution is 5.81. The van der Waals surface area contributed by atoms with Gasteiger partial charge in [0.05, 0.1) is 0 Å². The van der Waals surface area contributed by atoms with Gasteiger partial charge in [0, 0.05) is 5.56 Å². The van der Waals surface area contributed by atoms with Gasteiger partial charge in [0.2, 0.25) is 0 Å². The second-order valence-corrected chi connectivity index (χ2v) is 5.66. The molecule has 1 aromatic carbocycles. The number of aryl methyl sites for hydroxylation is 1. The first-order valence-corrected chi connectivity index (χ1v) is 6.02. The van der Waals surface area contributed by atoms with Crippen molar-refractivity contribution < 1.29 is 4.74 Å². The predicted molar refractivity (Wildman–Crippen MR) is 66.9 cm³/mol. The molecule has 1 unspecified atom stereocenters. The smallest absolute Gasteiger partial charge is 0.131 e. The summed E-state index contributed by atoms with van der Waals surface area (Å²) in [6, 6.07) is 4.45. The molecule has 0 fully saturated rings. The molecule has 0 saturated carbocycles. The second kappa shape index (κ2) is 2.91. The van der Waals surface area contributed by atoms with Crippen molar-refractivity contribution >= 4 is 5.57 Å². The fourth-order valence-corrected chi connectivity index (χ4v) is 2.96. The quantitative estimate of drug-likeness (QED) is 0.633. The first-order valence-electron chi connectivity index (χ1n) is 6.02. The summed E-state index contributed by atoms with van der Waals surface area (Å²) >= 11 is 0. The first-order chi connectivity index (χ1) is 7.48. The fourth-order valence-electron chi connectivity index (χ4n) is 2.96. The topological polar surface area (TPSA) is 9.23 Å². The Hall–Kier alpha value is -1.24. The molecule has 1 heterocycles. The van der Waals surface area contributed by atoms with E-state index in [9.17, 15) is 0 Å². The highest BCUT2D eigenvalue weighted by atomic mass is 16.5. The van der Waals surface area contributed by atoms with Gasteiger partial charge in [0.25, 0.3) is 0 Å². The van der Waals surface area contributed by atoms with Crippen molar-refractivity contribution in [1.82, 2.24) is 0 Å². The lowest BCUT2D eigenvalue weighted by Crippen LogP contribution is -2.29. The maximum atomic E-state index is 6.11. The van der Waals surface area contributed by atoms with Crippen LogP contribution in [-0.2, 0) is 0 Å². The summed E-state index contributed by atoms with van der Waals surface area (Å²) in [6.45, 7) is 8.71. The molecule has 84 valence electrons. The molecule has 0 amide bonds. The van der Waals surface area contributed by atoms with Crippen LogP contribution < -0.4 is 4.74 Å². The molecule has 0 bridgehead atoms. The molecule has 0 aromatic heterocycles. The maximum absolute atomic E-state index is 6.11.